The highest BCUT2D eigenvalue weighted by molar-refractivity contribution is 5.63. The fraction of sp³-hybridized carbons (Fsp3) is 0.188. The second-order valence-corrected chi connectivity index (χ2v) is 4.06. The van der Waals surface area contributed by atoms with Gasteiger partial charge in [0.15, 0.2) is 6.29 Å². The molecule has 0 N–H and O–H groups in total. The molecular formula is C16H15O. The van der Waals surface area contributed by atoms with Gasteiger partial charge in [-0.3, -0.25) is 4.79 Å². The van der Waals surface area contributed by atoms with E-state index in [1.165, 1.54) is 16.7 Å². The molecule has 0 aliphatic heterocycles. The Kier molecular flexibility index (Phi) is 4.09. The molecule has 0 atom stereocenters. The second kappa shape index (κ2) is 6.00. The standard InChI is InChI=1S/C16H15O/c17-13-5-4-6-14-9-11-16(12-10-14)15-7-2-1-3-8-15/h1-3,7-12H,4-6H2. The van der Waals surface area contributed by atoms with E-state index in [0.717, 1.165) is 12.8 Å². The topological polar surface area (TPSA) is 17.1 Å². The monoisotopic (exact) mass is 223 g/mol. The maximum Gasteiger partial charge on any atom is 0.198 e. The number of carbonyl (C=O) groups excluding carboxylic acids is 1. The van der Waals surface area contributed by atoms with Crippen LogP contribution in [0.3, 0.4) is 0 Å². The normalized spacial score (nSPS) is 10.1. The number of unbranched alkanes of at least 4 members (excludes halogenated alkanes) is 1. The Labute approximate surface area is 102 Å². The largest absolute Gasteiger partial charge is 0.291 e. The average Bonchev–Trinajstić information content (AvgIpc) is 2.41. The van der Waals surface area contributed by atoms with Gasteiger partial charge in [-0.25, -0.2) is 0 Å². The summed E-state index contributed by atoms with van der Waals surface area (Å²) in [5.74, 6) is 0. The van der Waals surface area contributed by atoms with Gasteiger partial charge in [-0.2, -0.15) is 0 Å². The maximum atomic E-state index is 10.1. The molecule has 17 heavy (non-hydrogen) atoms. The molecule has 85 valence electrons. The third-order valence-electron chi connectivity index (χ3n) is 2.81. The lowest BCUT2D eigenvalue weighted by Crippen LogP contribution is -1.86. The van der Waals surface area contributed by atoms with Crippen molar-refractivity contribution in [2.75, 3.05) is 0 Å². The second-order valence-electron chi connectivity index (χ2n) is 4.06. The molecule has 0 spiro atoms. The van der Waals surface area contributed by atoms with Gasteiger partial charge < -0.3 is 0 Å². The van der Waals surface area contributed by atoms with Gasteiger partial charge in [0.2, 0.25) is 0 Å². The van der Waals surface area contributed by atoms with Crippen LogP contribution >= 0.6 is 0 Å². The molecule has 0 aliphatic carbocycles. The van der Waals surface area contributed by atoms with E-state index in [-0.39, 0.29) is 0 Å². The predicted octanol–water partition coefficient (Wildman–Crippen LogP) is 3.79. The molecule has 0 bridgehead atoms. The van der Waals surface area contributed by atoms with Crippen LogP contribution in [-0.4, -0.2) is 6.29 Å². The van der Waals surface area contributed by atoms with Crippen molar-refractivity contribution in [2.24, 2.45) is 0 Å². The summed E-state index contributed by atoms with van der Waals surface area (Å²) in [6.45, 7) is 0. The van der Waals surface area contributed by atoms with Crippen molar-refractivity contribution in [1.82, 2.24) is 0 Å². The zero-order valence-electron chi connectivity index (χ0n) is 9.73. The zero-order valence-corrected chi connectivity index (χ0v) is 9.73. The molecule has 2 aromatic carbocycles. The van der Waals surface area contributed by atoms with Crippen LogP contribution in [0, 0.1) is 0 Å². The minimum absolute atomic E-state index is 0.528. The van der Waals surface area contributed by atoms with Gasteiger partial charge in [0.05, 0.1) is 0 Å². The van der Waals surface area contributed by atoms with Crippen LogP contribution in [0.15, 0.2) is 54.6 Å². The summed E-state index contributed by atoms with van der Waals surface area (Å²) >= 11 is 0. The minimum atomic E-state index is 0.528. The molecule has 1 radical (unpaired) electrons. The Balaban J connectivity index is 2.05. The first kappa shape index (κ1) is 11.6. The molecule has 0 aromatic heterocycles. The van der Waals surface area contributed by atoms with Crippen LogP contribution in [0.25, 0.3) is 11.1 Å². The number of rotatable bonds is 5. The molecule has 0 amide bonds. The smallest absolute Gasteiger partial charge is 0.198 e. The van der Waals surface area contributed by atoms with E-state index in [9.17, 15) is 4.79 Å². The third-order valence-corrected chi connectivity index (χ3v) is 2.81. The van der Waals surface area contributed by atoms with Crippen LogP contribution in [-0.2, 0) is 11.2 Å². The van der Waals surface area contributed by atoms with Crippen molar-refractivity contribution in [2.45, 2.75) is 19.3 Å². The van der Waals surface area contributed by atoms with E-state index < -0.39 is 0 Å². The first-order valence-corrected chi connectivity index (χ1v) is 5.89. The van der Waals surface area contributed by atoms with Crippen molar-refractivity contribution in [1.29, 1.82) is 0 Å². The number of hydrogen-bond donors (Lipinski definition) is 0. The van der Waals surface area contributed by atoms with E-state index in [1.807, 2.05) is 24.5 Å². The summed E-state index contributed by atoms with van der Waals surface area (Å²) < 4.78 is 0. The van der Waals surface area contributed by atoms with Gasteiger partial charge in [0.1, 0.15) is 0 Å². The Hall–Kier alpha value is -1.89. The highest BCUT2D eigenvalue weighted by Gasteiger charge is 1.97. The summed E-state index contributed by atoms with van der Waals surface area (Å²) in [6.07, 6.45) is 4.29. The van der Waals surface area contributed by atoms with Crippen LogP contribution in [0.4, 0.5) is 0 Å². The van der Waals surface area contributed by atoms with Gasteiger partial charge in [-0.1, -0.05) is 54.6 Å². The molecule has 2 rings (SSSR count). The van der Waals surface area contributed by atoms with Gasteiger partial charge in [0.25, 0.3) is 0 Å². The first-order valence-electron chi connectivity index (χ1n) is 5.89. The minimum Gasteiger partial charge on any atom is -0.291 e. The Morgan fingerprint density at radius 3 is 2.12 bits per heavy atom. The summed E-state index contributed by atoms with van der Waals surface area (Å²) in [4.78, 5) is 10.1. The van der Waals surface area contributed by atoms with Gasteiger partial charge in [-0.05, 0) is 29.5 Å². The number of aryl methyl sites for hydroxylation is 1. The Morgan fingerprint density at radius 2 is 1.47 bits per heavy atom. The zero-order chi connectivity index (χ0) is 11.9. The first-order chi connectivity index (χ1) is 8.40. The molecule has 0 unspecified atom stereocenters. The number of hydrogen-bond acceptors (Lipinski definition) is 1. The Bertz CT molecular complexity index is 457. The van der Waals surface area contributed by atoms with Crippen molar-refractivity contribution in [3.05, 3.63) is 60.2 Å². The van der Waals surface area contributed by atoms with E-state index in [1.54, 1.807) is 0 Å². The van der Waals surface area contributed by atoms with Gasteiger partial charge in [-0.15, -0.1) is 0 Å². The van der Waals surface area contributed by atoms with Gasteiger partial charge >= 0.3 is 0 Å². The Morgan fingerprint density at radius 1 is 0.824 bits per heavy atom. The van der Waals surface area contributed by atoms with Crippen LogP contribution in [0.1, 0.15) is 18.4 Å². The van der Waals surface area contributed by atoms with Crippen LogP contribution < -0.4 is 0 Å². The van der Waals surface area contributed by atoms with Crippen molar-refractivity contribution in [3.63, 3.8) is 0 Å². The average molecular weight is 223 g/mol. The molecule has 0 saturated carbocycles. The quantitative estimate of drug-likeness (QED) is 0.705. The third kappa shape index (κ3) is 3.28. The molecular weight excluding hydrogens is 208 g/mol. The molecule has 2 aromatic rings. The molecule has 0 heterocycles. The maximum absolute atomic E-state index is 10.1. The van der Waals surface area contributed by atoms with Gasteiger partial charge in [0, 0.05) is 6.42 Å². The summed E-state index contributed by atoms with van der Waals surface area (Å²) in [7, 11) is 0. The fourth-order valence-electron chi connectivity index (χ4n) is 1.86. The molecule has 1 heteroatoms. The SMILES string of the molecule is O=[C]CCCc1ccc(-c2ccccc2)cc1. The predicted molar refractivity (Wildman–Crippen MR) is 70.5 cm³/mol. The summed E-state index contributed by atoms with van der Waals surface area (Å²) in [5.41, 5.74) is 3.75. The number of benzene rings is 2. The summed E-state index contributed by atoms with van der Waals surface area (Å²) in [5, 5.41) is 0. The molecule has 0 aliphatic rings. The van der Waals surface area contributed by atoms with Crippen molar-refractivity contribution in [3.8, 4) is 11.1 Å². The highest BCUT2D eigenvalue weighted by atomic mass is 16.1. The molecule has 1 nitrogen and oxygen atoms in total. The lowest BCUT2D eigenvalue weighted by Gasteiger charge is -2.03. The highest BCUT2D eigenvalue weighted by Crippen LogP contribution is 2.19. The van der Waals surface area contributed by atoms with Crippen LogP contribution in [0.2, 0.25) is 0 Å². The fourth-order valence-corrected chi connectivity index (χ4v) is 1.86. The van der Waals surface area contributed by atoms with Crippen molar-refractivity contribution < 1.29 is 4.79 Å². The van der Waals surface area contributed by atoms with E-state index in [2.05, 4.69) is 36.4 Å². The van der Waals surface area contributed by atoms with E-state index in [4.69, 9.17) is 0 Å². The molecule has 0 fully saturated rings. The van der Waals surface area contributed by atoms with Crippen LogP contribution in [0.5, 0.6) is 0 Å². The lowest BCUT2D eigenvalue weighted by atomic mass is 10.0. The summed E-state index contributed by atoms with van der Waals surface area (Å²) in [6, 6.07) is 18.9. The van der Waals surface area contributed by atoms with Crippen molar-refractivity contribution >= 4 is 6.29 Å². The van der Waals surface area contributed by atoms with E-state index >= 15 is 0 Å². The lowest BCUT2D eigenvalue weighted by molar-refractivity contribution is 0.548. The van der Waals surface area contributed by atoms with E-state index in [0.29, 0.717) is 6.42 Å². The molecule has 0 saturated heterocycles.